The number of anilines is 1. The van der Waals surface area contributed by atoms with E-state index in [1.54, 1.807) is 0 Å². The summed E-state index contributed by atoms with van der Waals surface area (Å²) in [4.78, 5) is 13.0. The molecule has 4 rings (SSSR count). The summed E-state index contributed by atoms with van der Waals surface area (Å²) in [6.45, 7) is 2.72. The molecule has 0 bridgehead atoms. The summed E-state index contributed by atoms with van der Waals surface area (Å²) in [5, 5.41) is 10.2. The molecular weight excluding hydrogens is 310 g/mol. The van der Waals surface area contributed by atoms with Gasteiger partial charge in [0.15, 0.2) is 0 Å². The third kappa shape index (κ3) is 3.40. The molecule has 2 aliphatic heterocycles. The van der Waals surface area contributed by atoms with Gasteiger partial charge in [-0.2, -0.15) is 0 Å². The van der Waals surface area contributed by atoms with Crippen LogP contribution in [0.2, 0.25) is 0 Å². The number of rotatable bonds is 3. The minimum absolute atomic E-state index is 0.0521. The highest BCUT2D eigenvalue weighted by atomic mass is 16.2. The van der Waals surface area contributed by atoms with Gasteiger partial charge in [-0.05, 0) is 36.6 Å². The lowest BCUT2D eigenvalue weighted by Crippen LogP contribution is -2.49. The maximum absolute atomic E-state index is 13.0. The second-order valence-electron chi connectivity index (χ2n) is 6.98. The van der Waals surface area contributed by atoms with Crippen LogP contribution in [0.25, 0.3) is 0 Å². The Morgan fingerprint density at radius 2 is 1.76 bits per heavy atom. The molecule has 25 heavy (non-hydrogen) atoms. The largest absolute Gasteiger partial charge is 0.385 e. The van der Waals surface area contributed by atoms with Crippen molar-refractivity contribution in [1.82, 2.24) is 10.6 Å². The van der Waals surface area contributed by atoms with E-state index >= 15 is 0 Å². The first-order valence-electron chi connectivity index (χ1n) is 9.22. The zero-order chi connectivity index (χ0) is 17.1. The highest BCUT2D eigenvalue weighted by molar-refractivity contribution is 5.86. The quantitative estimate of drug-likeness (QED) is 0.808. The van der Waals surface area contributed by atoms with Crippen LogP contribution in [0.15, 0.2) is 54.6 Å². The number of hydrogen-bond donors (Lipinski definition) is 3. The molecule has 0 aromatic heterocycles. The molecule has 2 aromatic rings. The summed E-state index contributed by atoms with van der Waals surface area (Å²) in [5.41, 5.74) is 3.51. The zero-order valence-electron chi connectivity index (χ0n) is 14.4. The van der Waals surface area contributed by atoms with Crippen molar-refractivity contribution in [2.24, 2.45) is 0 Å². The third-order valence-electron chi connectivity index (χ3n) is 5.44. The fourth-order valence-corrected chi connectivity index (χ4v) is 4.11. The number of amides is 1. The normalized spacial score (nSPS) is 25.5. The van der Waals surface area contributed by atoms with Crippen molar-refractivity contribution in [3.63, 3.8) is 0 Å². The lowest BCUT2D eigenvalue weighted by Gasteiger charge is -2.35. The second-order valence-corrected chi connectivity index (χ2v) is 6.98. The van der Waals surface area contributed by atoms with E-state index in [2.05, 4.69) is 52.3 Å². The van der Waals surface area contributed by atoms with E-state index in [9.17, 15) is 4.79 Å². The van der Waals surface area contributed by atoms with Gasteiger partial charge in [0.1, 0.15) is 0 Å². The molecule has 0 aliphatic carbocycles. The van der Waals surface area contributed by atoms with Gasteiger partial charge in [-0.25, -0.2) is 0 Å². The maximum Gasteiger partial charge on any atom is 0.227 e. The topological polar surface area (TPSA) is 53.2 Å². The number of carbonyl (C=O) groups excluding carboxylic acids is 1. The van der Waals surface area contributed by atoms with Crippen molar-refractivity contribution < 1.29 is 4.79 Å². The zero-order valence-corrected chi connectivity index (χ0v) is 14.4. The number of fused-ring (bicyclic) bond motifs is 1. The van der Waals surface area contributed by atoms with Crippen LogP contribution in [-0.2, 0) is 4.79 Å². The fraction of sp³-hybridized carbons (Fsp3) is 0.381. The molecule has 4 heteroatoms. The van der Waals surface area contributed by atoms with Gasteiger partial charge in [-0.1, -0.05) is 48.5 Å². The van der Waals surface area contributed by atoms with E-state index < -0.39 is 0 Å². The van der Waals surface area contributed by atoms with Crippen LogP contribution < -0.4 is 16.0 Å². The van der Waals surface area contributed by atoms with E-state index in [4.69, 9.17) is 0 Å². The smallest absolute Gasteiger partial charge is 0.227 e. The molecule has 2 heterocycles. The van der Waals surface area contributed by atoms with Gasteiger partial charge in [0.2, 0.25) is 5.91 Å². The highest BCUT2D eigenvalue weighted by Gasteiger charge is 2.32. The average molecular weight is 335 g/mol. The Balaban J connectivity index is 1.52. The molecular formula is C21H25N3O. The summed E-state index contributed by atoms with van der Waals surface area (Å²) >= 11 is 0. The van der Waals surface area contributed by atoms with Crippen LogP contribution in [0.3, 0.4) is 0 Å². The predicted octanol–water partition coefficient (Wildman–Crippen LogP) is 2.85. The van der Waals surface area contributed by atoms with Crippen LogP contribution >= 0.6 is 0 Å². The lowest BCUT2D eigenvalue weighted by atomic mass is 9.85. The first kappa shape index (κ1) is 16.2. The molecule has 2 aliphatic rings. The Morgan fingerprint density at radius 3 is 2.64 bits per heavy atom. The minimum atomic E-state index is -0.0521. The van der Waals surface area contributed by atoms with Crippen molar-refractivity contribution in [3.8, 4) is 0 Å². The van der Waals surface area contributed by atoms with Crippen molar-refractivity contribution in [3.05, 3.63) is 65.7 Å². The number of carbonyl (C=O) groups is 1. The molecule has 3 unspecified atom stereocenters. The number of piperidine rings is 1. The maximum atomic E-state index is 13.0. The van der Waals surface area contributed by atoms with Gasteiger partial charge < -0.3 is 16.0 Å². The molecule has 1 amide bonds. The van der Waals surface area contributed by atoms with E-state index in [-0.39, 0.29) is 17.9 Å². The summed E-state index contributed by atoms with van der Waals surface area (Å²) in [7, 11) is 0. The summed E-state index contributed by atoms with van der Waals surface area (Å²) < 4.78 is 0. The molecule has 0 spiro atoms. The highest BCUT2D eigenvalue weighted by Crippen LogP contribution is 2.32. The molecule has 0 radical (unpaired) electrons. The van der Waals surface area contributed by atoms with Crippen molar-refractivity contribution in [2.45, 2.75) is 30.7 Å². The summed E-state index contributed by atoms with van der Waals surface area (Å²) in [6, 6.07) is 18.9. The Hall–Kier alpha value is -2.33. The Kier molecular flexibility index (Phi) is 4.70. The predicted molar refractivity (Wildman–Crippen MR) is 101 cm³/mol. The van der Waals surface area contributed by atoms with Gasteiger partial charge in [0.05, 0.1) is 5.92 Å². The van der Waals surface area contributed by atoms with E-state index in [0.29, 0.717) is 5.92 Å². The van der Waals surface area contributed by atoms with Gasteiger partial charge in [-0.3, -0.25) is 4.79 Å². The van der Waals surface area contributed by atoms with Crippen LogP contribution in [0.4, 0.5) is 5.69 Å². The monoisotopic (exact) mass is 335 g/mol. The number of para-hydroxylation sites is 1. The Morgan fingerprint density at radius 1 is 0.960 bits per heavy atom. The van der Waals surface area contributed by atoms with Gasteiger partial charge in [0, 0.05) is 30.7 Å². The summed E-state index contributed by atoms with van der Waals surface area (Å²) in [5.74, 6) is 0.446. The Bertz CT molecular complexity index is 731. The first-order valence-corrected chi connectivity index (χ1v) is 9.22. The van der Waals surface area contributed by atoms with Crippen molar-refractivity contribution in [2.75, 3.05) is 25.0 Å². The van der Waals surface area contributed by atoms with Crippen LogP contribution in [0, 0.1) is 0 Å². The third-order valence-corrected chi connectivity index (χ3v) is 5.44. The molecule has 2 aromatic carbocycles. The molecule has 1 fully saturated rings. The SMILES string of the molecule is O=C(NC1CCNCC1c1ccccc1)C1CCNc2ccccc21. The molecule has 130 valence electrons. The number of nitrogens with one attached hydrogen (secondary N) is 3. The molecule has 3 atom stereocenters. The van der Waals surface area contributed by atoms with E-state index in [1.807, 2.05) is 18.2 Å². The Labute approximate surface area is 149 Å². The second kappa shape index (κ2) is 7.28. The molecule has 4 nitrogen and oxygen atoms in total. The van der Waals surface area contributed by atoms with Gasteiger partial charge in [0.25, 0.3) is 0 Å². The van der Waals surface area contributed by atoms with Crippen LogP contribution in [0.5, 0.6) is 0 Å². The van der Waals surface area contributed by atoms with Gasteiger partial charge >= 0.3 is 0 Å². The molecule has 3 N–H and O–H groups in total. The van der Waals surface area contributed by atoms with Crippen LogP contribution in [0.1, 0.15) is 35.8 Å². The van der Waals surface area contributed by atoms with Gasteiger partial charge in [-0.15, -0.1) is 0 Å². The van der Waals surface area contributed by atoms with Crippen LogP contribution in [-0.4, -0.2) is 31.6 Å². The van der Waals surface area contributed by atoms with E-state index in [1.165, 1.54) is 5.56 Å². The average Bonchev–Trinajstić information content (AvgIpc) is 2.68. The van der Waals surface area contributed by atoms with E-state index in [0.717, 1.165) is 43.7 Å². The first-order chi connectivity index (χ1) is 12.3. The fourth-order valence-electron chi connectivity index (χ4n) is 4.11. The molecule has 0 saturated carbocycles. The number of hydrogen-bond acceptors (Lipinski definition) is 3. The minimum Gasteiger partial charge on any atom is -0.385 e. The lowest BCUT2D eigenvalue weighted by molar-refractivity contribution is -0.123. The summed E-state index contributed by atoms with van der Waals surface area (Å²) in [6.07, 6.45) is 1.82. The van der Waals surface area contributed by atoms with Crippen molar-refractivity contribution in [1.29, 1.82) is 0 Å². The van der Waals surface area contributed by atoms with Crippen molar-refractivity contribution >= 4 is 11.6 Å². The number of benzene rings is 2. The standard InChI is InChI=1S/C21H25N3O/c25-21(17-10-13-23-19-9-5-4-8-16(17)19)24-20-11-12-22-14-18(20)15-6-2-1-3-7-15/h1-9,17-18,20,22-23H,10-14H2,(H,24,25). The molecule has 1 saturated heterocycles.